The highest BCUT2D eigenvalue weighted by Crippen LogP contribution is 2.28. The monoisotopic (exact) mass is 325 g/mol. The fourth-order valence-corrected chi connectivity index (χ4v) is 3.42. The van der Waals surface area contributed by atoms with E-state index >= 15 is 0 Å². The number of para-hydroxylation sites is 1. The minimum absolute atomic E-state index is 0.150. The molecule has 1 aliphatic carbocycles. The van der Waals surface area contributed by atoms with Gasteiger partial charge in [-0.15, -0.1) is 0 Å². The summed E-state index contributed by atoms with van der Waals surface area (Å²) in [6.07, 6.45) is 4.64. The molecule has 2 aliphatic rings. The average Bonchev–Trinajstić information content (AvgIpc) is 3.44. The molecule has 0 spiro atoms. The number of likely N-dealkylation sites (tertiary alicyclic amines) is 1. The first-order chi connectivity index (χ1) is 11.7. The molecule has 0 bridgehead atoms. The van der Waals surface area contributed by atoms with Crippen molar-refractivity contribution in [3.8, 4) is 0 Å². The molecule has 2 aromatic rings. The lowest BCUT2D eigenvalue weighted by Crippen LogP contribution is -2.46. The molecule has 5 nitrogen and oxygen atoms in total. The van der Waals surface area contributed by atoms with Crippen LogP contribution < -0.4 is 10.9 Å². The minimum atomic E-state index is -0.298. The fourth-order valence-electron chi connectivity index (χ4n) is 3.42. The Labute approximate surface area is 141 Å². The van der Waals surface area contributed by atoms with Gasteiger partial charge in [0.15, 0.2) is 0 Å². The summed E-state index contributed by atoms with van der Waals surface area (Å²) in [5.41, 5.74) is 0.716. The van der Waals surface area contributed by atoms with Crippen molar-refractivity contribution in [1.29, 1.82) is 0 Å². The van der Waals surface area contributed by atoms with E-state index in [-0.39, 0.29) is 17.0 Å². The lowest BCUT2D eigenvalue weighted by molar-refractivity contribution is 0.0703. The average molecular weight is 325 g/mol. The van der Waals surface area contributed by atoms with Gasteiger partial charge in [0.1, 0.15) is 5.56 Å². The summed E-state index contributed by atoms with van der Waals surface area (Å²) >= 11 is 0. The molecule has 1 aliphatic heterocycles. The van der Waals surface area contributed by atoms with Gasteiger partial charge in [-0.3, -0.25) is 9.59 Å². The summed E-state index contributed by atoms with van der Waals surface area (Å²) < 4.78 is 0. The lowest BCUT2D eigenvalue weighted by atomic mass is 10.0. The van der Waals surface area contributed by atoms with Crippen LogP contribution in [0.3, 0.4) is 0 Å². The molecule has 24 heavy (non-hydrogen) atoms. The molecular weight excluding hydrogens is 302 g/mol. The Balaban J connectivity index is 1.44. The third kappa shape index (κ3) is 3.22. The molecule has 1 amide bonds. The SMILES string of the molecule is O=C(c1cc2ccccc2[nH]c1=O)N1CCC(NCC2CC2)CC1. The number of hydrogen-bond donors (Lipinski definition) is 2. The molecular formula is C19H23N3O2. The van der Waals surface area contributed by atoms with Crippen LogP contribution in [0.4, 0.5) is 0 Å². The molecule has 0 radical (unpaired) electrons. The van der Waals surface area contributed by atoms with Gasteiger partial charge in [-0.1, -0.05) is 18.2 Å². The number of amides is 1. The number of nitrogens with zero attached hydrogens (tertiary/aromatic N) is 1. The van der Waals surface area contributed by atoms with E-state index in [0.717, 1.165) is 36.2 Å². The van der Waals surface area contributed by atoms with Crippen molar-refractivity contribution >= 4 is 16.8 Å². The summed E-state index contributed by atoms with van der Waals surface area (Å²) in [6, 6.07) is 9.77. The number of aromatic amines is 1. The summed E-state index contributed by atoms with van der Waals surface area (Å²) in [5.74, 6) is 0.725. The van der Waals surface area contributed by atoms with E-state index in [1.54, 1.807) is 6.07 Å². The number of fused-ring (bicyclic) bond motifs is 1. The summed E-state index contributed by atoms with van der Waals surface area (Å²) in [6.45, 7) is 2.55. The van der Waals surface area contributed by atoms with Crippen LogP contribution in [0.25, 0.3) is 10.9 Å². The van der Waals surface area contributed by atoms with Crippen molar-refractivity contribution < 1.29 is 4.79 Å². The van der Waals surface area contributed by atoms with Gasteiger partial charge in [0.25, 0.3) is 11.5 Å². The van der Waals surface area contributed by atoms with E-state index in [1.165, 1.54) is 12.8 Å². The molecule has 1 saturated carbocycles. The van der Waals surface area contributed by atoms with E-state index in [2.05, 4.69) is 10.3 Å². The topological polar surface area (TPSA) is 65.2 Å². The van der Waals surface area contributed by atoms with Gasteiger partial charge < -0.3 is 15.2 Å². The Hall–Kier alpha value is -2.14. The molecule has 0 unspecified atom stereocenters. The third-order valence-electron chi connectivity index (χ3n) is 5.16. The normalized spacial score (nSPS) is 18.9. The first kappa shape index (κ1) is 15.4. The van der Waals surface area contributed by atoms with Crippen molar-refractivity contribution in [2.24, 2.45) is 5.92 Å². The Kier molecular flexibility index (Phi) is 4.10. The Bertz CT molecular complexity index is 802. The highest BCUT2D eigenvalue weighted by Gasteiger charge is 2.27. The van der Waals surface area contributed by atoms with E-state index in [1.807, 2.05) is 29.2 Å². The zero-order valence-electron chi connectivity index (χ0n) is 13.8. The number of pyridine rings is 1. The molecule has 2 fully saturated rings. The number of piperidine rings is 1. The predicted molar refractivity (Wildman–Crippen MR) is 94.2 cm³/mol. The Morgan fingerprint density at radius 3 is 2.67 bits per heavy atom. The standard InChI is InChI=1S/C19H23N3O2/c23-18-16(11-14-3-1-2-4-17(14)21-18)19(24)22-9-7-15(8-10-22)20-12-13-5-6-13/h1-4,11,13,15,20H,5-10,12H2,(H,21,23). The van der Waals surface area contributed by atoms with Crippen LogP contribution in [-0.4, -0.2) is 41.5 Å². The maximum atomic E-state index is 12.7. The molecule has 2 N–H and O–H groups in total. The Morgan fingerprint density at radius 1 is 1.17 bits per heavy atom. The van der Waals surface area contributed by atoms with Gasteiger partial charge in [-0.05, 0) is 55.7 Å². The summed E-state index contributed by atoms with van der Waals surface area (Å²) in [4.78, 5) is 29.6. The largest absolute Gasteiger partial charge is 0.338 e. The Morgan fingerprint density at radius 2 is 1.92 bits per heavy atom. The number of benzene rings is 1. The van der Waals surface area contributed by atoms with Crippen LogP contribution in [0.5, 0.6) is 0 Å². The van der Waals surface area contributed by atoms with Crippen LogP contribution in [0.1, 0.15) is 36.0 Å². The maximum absolute atomic E-state index is 12.7. The van der Waals surface area contributed by atoms with Gasteiger partial charge in [-0.2, -0.15) is 0 Å². The molecule has 1 aromatic carbocycles. The second-order valence-electron chi connectivity index (χ2n) is 7.02. The fraction of sp³-hybridized carbons (Fsp3) is 0.474. The number of aromatic nitrogens is 1. The number of carbonyl (C=O) groups excluding carboxylic acids is 1. The smallest absolute Gasteiger partial charge is 0.261 e. The zero-order valence-corrected chi connectivity index (χ0v) is 13.8. The number of H-pyrrole nitrogens is 1. The van der Waals surface area contributed by atoms with Crippen LogP contribution >= 0.6 is 0 Å². The van der Waals surface area contributed by atoms with Gasteiger partial charge in [0.2, 0.25) is 0 Å². The molecule has 2 heterocycles. The van der Waals surface area contributed by atoms with E-state index in [0.29, 0.717) is 19.1 Å². The number of nitrogens with one attached hydrogen (secondary N) is 2. The van der Waals surface area contributed by atoms with Gasteiger partial charge in [0, 0.05) is 24.6 Å². The number of hydrogen-bond acceptors (Lipinski definition) is 3. The van der Waals surface area contributed by atoms with Crippen LogP contribution in [0.15, 0.2) is 35.1 Å². The summed E-state index contributed by atoms with van der Waals surface area (Å²) in [5, 5.41) is 4.50. The quantitative estimate of drug-likeness (QED) is 0.905. The van der Waals surface area contributed by atoms with E-state index in [9.17, 15) is 9.59 Å². The van der Waals surface area contributed by atoms with Crippen LogP contribution in [0, 0.1) is 5.92 Å². The van der Waals surface area contributed by atoms with Crippen LogP contribution in [-0.2, 0) is 0 Å². The first-order valence-corrected chi connectivity index (χ1v) is 8.85. The van der Waals surface area contributed by atoms with E-state index in [4.69, 9.17) is 0 Å². The molecule has 1 saturated heterocycles. The molecule has 0 atom stereocenters. The molecule has 1 aromatic heterocycles. The predicted octanol–water partition coefficient (Wildman–Crippen LogP) is 2.13. The van der Waals surface area contributed by atoms with Crippen molar-refractivity contribution in [3.05, 3.63) is 46.2 Å². The van der Waals surface area contributed by atoms with Gasteiger partial charge in [-0.25, -0.2) is 0 Å². The van der Waals surface area contributed by atoms with E-state index < -0.39 is 0 Å². The number of carbonyl (C=O) groups is 1. The van der Waals surface area contributed by atoms with Crippen molar-refractivity contribution in [1.82, 2.24) is 15.2 Å². The van der Waals surface area contributed by atoms with Crippen molar-refractivity contribution in [2.45, 2.75) is 31.7 Å². The highest BCUT2D eigenvalue weighted by atomic mass is 16.2. The van der Waals surface area contributed by atoms with Crippen molar-refractivity contribution in [3.63, 3.8) is 0 Å². The zero-order chi connectivity index (χ0) is 16.5. The first-order valence-electron chi connectivity index (χ1n) is 8.85. The second-order valence-corrected chi connectivity index (χ2v) is 7.02. The lowest BCUT2D eigenvalue weighted by Gasteiger charge is -2.32. The molecule has 4 rings (SSSR count). The van der Waals surface area contributed by atoms with Crippen LogP contribution in [0.2, 0.25) is 0 Å². The molecule has 126 valence electrons. The van der Waals surface area contributed by atoms with Gasteiger partial charge in [0.05, 0.1) is 0 Å². The summed E-state index contributed by atoms with van der Waals surface area (Å²) in [7, 11) is 0. The molecule has 5 heteroatoms. The maximum Gasteiger partial charge on any atom is 0.261 e. The van der Waals surface area contributed by atoms with Crippen molar-refractivity contribution in [2.75, 3.05) is 19.6 Å². The highest BCUT2D eigenvalue weighted by molar-refractivity contribution is 5.97. The third-order valence-corrected chi connectivity index (χ3v) is 5.16. The second kappa shape index (κ2) is 6.40. The van der Waals surface area contributed by atoms with Gasteiger partial charge >= 0.3 is 0 Å². The number of rotatable bonds is 4. The minimum Gasteiger partial charge on any atom is -0.338 e.